The Morgan fingerprint density at radius 3 is 2.68 bits per heavy atom. The Labute approximate surface area is 115 Å². The average Bonchev–Trinajstić information content (AvgIpc) is 2.68. The van der Waals surface area contributed by atoms with Crippen LogP contribution in [0.4, 0.5) is 5.69 Å². The number of hydrogen-bond acceptors (Lipinski definition) is 4. The largest absolute Gasteiger partial charge is 0.490 e. The molecule has 0 fully saturated rings. The monoisotopic (exact) mass is 264 g/mol. The van der Waals surface area contributed by atoms with Gasteiger partial charge >= 0.3 is 0 Å². The van der Waals surface area contributed by atoms with Gasteiger partial charge in [-0.1, -0.05) is 13.3 Å². The van der Waals surface area contributed by atoms with Gasteiger partial charge in [-0.25, -0.2) is 0 Å². The first-order valence-corrected chi connectivity index (χ1v) is 7.11. The number of nitrogens with one attached hydrogen (secondary N) is 2. The number of anilines is 1. The second kappa shape index (κ2) is 7.24. The molecule has 0 saturated carbocycles. The van der Waals surface area contributed by atoms with Gasteiger partial charge in [0.2, 0.25) is 0 Å². The van der Waals surface area contributed by atoms with Crippen molar-refractivity contribution < 1.29 is 9.47 Å². The molecule has 0 amide bonds. The van der Waals surface area contributed by atoms with E-state index >= 15 is 0 Å². The molecule has 1 unspecified atom stereocenters. The van der Waals surface area contributed by atoms with Crippen molar-refractivity contribution in [1.29, 1.82) is 0 Å². The van der Waals surface area contributed by atoms with Gasteiger partial charge in [-0.2, -0.15) is 0 Å². The summed E-state index contributed by atoms with van der Waals surface area (Å²) in [5.74, 6) is 2.34. The summed E-state index contributed by atoms with van der Waals surface area (Å²) in [5.41, 5.74) is 1.10. The van der Waals surface area contributed by atoms with E-state index in [4.69, 9.17) is 9.47 Å². The molecule has 0 aliphatic carbocycles. The SMILES string of the molecule is CCC(CNC)CNc1ccc2c(c1)OCCCO2. The molecular formula is C15H24N2O2. The van der Waals surface area contributed by atoms with Crippen LogP contribution in [0.15, 0.2) is 18.2 Å². The number of rotatable bonds is 6. The summed E-state index contributed by atoms with van der Waals surface area (Å²) in [7, 11) is 2.00. The summed E-state index contributed by atoms with van der Waals surface area (Å²) < 4.78 is 11.3. The normalized spacial score (nSPS) is 15.7. The van der Waals surface area contributed by atoms with E-state index in [1.807, 2.05) is 19.2 Å². The lowest BCUT2D eigenvalue weighted by Gasteiger charge is -2.17. The van der Waals surface area contributed by atoms with Crippen LogP contribution in [-0.4, -0.2) is 33.4 Å². The van der Waals surface area contributed by atoms with Crippen LogP contribution in [0, 0.1) is 5.92 Å². The van der Waals surface area contributed by atoms with E-state index in [9.17, 15) is 0 Å². The third-order valence-corrected chi connectivity index (χ3v) is 3.41. The molecule has 2 rings (SSSR count). The quantitative estimate of drug-likeness (QED) is 0.828. The topological polar surface area (TPSA) is 42.5 Å². The van der Waals surface area contributed by atoms with Crippen molar-refractivity contribution >= 4 is 5.69 Å². The average molecular weight is 264 g/mol. The van der Waals surface area contributed by atoms with E-state index in [0.29, 0.717) is 5.92 Å². The van der Waals surface area contributed by atoms with Crippen LogP contribution in [0.25, 0.3) is 0 Å². The molecule has 19 heavy (non-hydrogen) atoms. The van der Waals surface area contributed by atoms with Crippen LogP contribution in [0.3, 0.4) is 0 Å². The molecule has 1 aromatic rings. The standard InChI is InChI=1S/C15H24N2O2/c1-3-12(10-16-2)11-17-13-5-6-14-15(9-13)19-8-4-7-18-14/h5-6,9,12,16-17H,3-4,7-8,10-11H2,1-2H3. The van der Waals surface area contributed by atoms with Crippen molar-refractivity contribution in [3.8, 4) is 11.5 Å². The molecule has 0 saturated heterocycles. The van der Waals surface area contributed by atoms with E-state index in [0.717, 1.165) is 49.9 Å². The molecule has 1 heterocycles. The van der Waals surface area contributed by atoms with Crippen molar-refractivity contribution in [2.45, 2.75) is 19.8 Å². The molecule has 1 aliphatic heterocycles. The molecular weight excluding hydrogens is 240 g/mol. The summed E-state index contributed by atoms with van der Waals surface area (Å²) in [6.07, 6.45) is 2.11. The summed E-state index contributed by atoms with van der Waals surface area (Å²) >= 11 is 0. The Hall–Kier alpha value is -1.42. The van der Waals surface area contributed by atoms with Gasteiger partial charge in [0.1, 0.15) is 0 Å². The van der Waals surface area contributed by atoms with E-state index < -0.39 is 0 Å². The summed E-state index contributed by atoms with van der Waals surface area (Å²) in [5, 5.41) is 6.70. The van der Waals surface area contributed by atoms with Gasteiger partial charge in [-0.3, -0.25) is 0 Å². The molecule has 1 aromatic carbocycles. The molecule has 0 aromatic heterocycles. The Kier molecular flexibility index (Phi) is 5.33. The molecule has 1 atom stereocenters. The van der Waals surface area contributed by atoms with E-state index in [1.165, 1.54) is 6.42 Å². The zero-order valence-electron chi connectivity index (χ0n) is 11.9. The van der Waals surface area contributed by atoms with Gasteiger partial charge in [0.05, 0.1) is 13.2 Å². The number of ether oxygens (including phenoxy) is 2. The lowest BCUT2D eigenvalue weighted by molar-refractivity contribution is 0.297. The predicted molar refractivity (Wildman–Crippen MR) is 78.2 cm³/mol. The Morgan fingerprint density at radius 2 is 1.95 bits per heavy atom. The van der Waals surface area contributed by atoms with Crippen LogP contribution in [0.1, 0.15) is 19.8 Å². The molecule has 0 spiro atoms. The summed E-state index contributed by atoms with van der Waals surface area (Å²) in [6.45, 7) is 5.69. The van der Waals surface area contributed by atoms with Crippen LogP contribution in [-0.2, 0) is 0 Å². The van der Waals surface area contributed by atoms with Crippen LogP contribution < -0.4 is 20.1 Å². The highest BCUT2D eigenvalue weighted by molar-refractivity contribution is 5.55. The fourth-order valence-corrected chi connectivity index (χ4v) is 2.18. The second-order valence-corrected chi connectivity index (χ2v) is 4.92. The Morgan fingerprint density at radius 1 is 1.16 bits per heavy atom. The third-order valence-electron chi connectivity index (χ3n) is 3.41. The summed E-state index contributed by atoms with van der Waals surface area (Å²) in [6, 6.07) is 6.08. The number of hydrogen-bond donors (Lipinski definition) is 2. The Balaban J connectivity index is 1.95. The fraction of sp³-hybridized carbons (Fsp3) is 0.600. The highest BCUT2D eigenvalue weighted by Gasteiger charge is 2.11. The smallest absolute Gasteiger partial charge is 0.163 e. The lowest BCUT2D eigenvalue weighted by Crippen LogP contribution is -2.24. The first-order valence-electron chi connectivity index (χ1n) is 7.11. The van der Waals surface area contributed by atoms with Crippen molar-refractivity contribution in [2.75, 3.05) is 38.7 Å². The highest BCUT2D eigenvalue weighted by Crippen LogP contribution is 2.32. The molecule has 4 heteroatoms. The van der Waals surface area contributed by atoms with Crippen LogP contribution >= 0.6 is 0 Å². The van der Waals surface area contributed by atoms with Crippen LogP contribution in [0.2, 0.25) is 0 Å². The maximum Gasteiger partial charge on any atom is 0.163 e. The zero-order chi connectivity index (χ0) is 13.5. The number of fused-ring (bicyclic) bond motifs is 1. The molecule has 0 bridgehead atoms. The zero-order valence-corrected chi connectivity index (χ0v) is 11.9. The minimum atomic E-state index is 0.640. The molecule has 0 radical (unpaired) electrons. The van der Waals surface area contributed by atoms with Gasteiger partial charge in [0, 0.05) is 24.7 Å². The molecule has 2 N–H and O–H groups in total. The first kappa shape index (κ1) is 14.0. The minimum absolute atomic E-state index is 0.640. The van der Waals surface area contributed by atoms with Crippen molar-refractivity contribution in [3.63, 3.8) is 0 Å². The third kappa shape index (κ3) is 4.03. The van der Waals surface area contributed by atoms with Crippen molar-refractivity contribution in [3.05, 3.63) is 18.2 Å². The lowest BCUT2D eigenvalue weighted by atomic mass is 10.1. The Bertz CT molecular complexity index is 396. The van der Waals surface area contributed by atoms with Gasteiger partial charge < -0.3 is 20.1 Å². The molecule has 1 aliphatic rings. The minimum Gasteiger partial charge on any atom is -0.490 e. The van der Waals surface area contributed by atoms with Crippen molar-refractivity contribution in [1.82, 2.24) is 5.32 Å². The predicted octanol–water partition coefficient (Wildman–Crippen LogP) is 2.51. The van der Waals surface area contributed by atoms with E-state index in [-0.39, 0.29) is 0 Å². The van der Waals surface area contributed by atoms with Gasteiger partial charge in [-0.15, -0.1) is 0 Å². The maximum atomic E-state index is 5.69. The van der Waals surface area contributed by atoms with Gasteiger partial charge in [0.25, 0.3) is 0 Å². The van der Waals surface area contributed by atoms with Gasteiger partial charge in [0.15, 0.2) is 11.5 Å². The fourth-order valence-electron chi connectivity index (χ4n) is 2.18. The van der Waals surface area contributed by atoms with Crippen LogP contribution in [0.5, 0.6) is 11.5 Å². The first-order chi connectivity index (χ1) is 9.33. The van der Waals surface area contributed by atoms with Gasteiger partial charge in [-0.05, 0) is 31.6 Å². The van der Waals surface area contributed by atoms with E-state index in [1.54, 1.807) is 0 Å². The molecule has 106 valence electrons. The molecule has 4 nitrogen and oxygen atoms in total. The highest BCUT2D eigenvalue weighted by atomic mass is 16.5. The maximum absolute atomic E-state index is 5.69. The summed E-state index contributed by atoms with van der Waals surface area (Å²) in [4.78, 5) is 0. The van der Waals surface area contributed by atoms with E-state index in [2.05, 4.69) is 23.6 Å². The van der Waals surface area contributed by atoms with Crippen molar-refractivity contribution in [2.24, 2.45) is 5.92 Å². The number of benzene rings is 1. The second-order valence-electron chi connectivity index (χ2n) is 4.92.